The third-order valence-corrected chi connectivity index (χ3v) is 8.29. The number of carbonyl (C=O) groups excluding carboxylic acids is 2. The highest BCUT2D eigenvalue weighted by molar-refractivity contribution is 7.17. The lowest BCUT2D eigenvalue weighted by Crippen LogP contribution is -2.65. The maximum atomic E-state index is 13.8. The predicted octanol–water partition coefficient (Wildman–Crippen LogP) is 4.85. The van der Waals surface area contributed by atoms with E-state index in [9.17, 15) is 9.59 Å². The number of amides is 2. The van der Waals surface area contributed by atoms with Crippen LogP contribution in [0.5, 0.6) is 0 Å². The minimum absolute atomic E-state index is 0.0274. The zero-order chi connectivity index (χ0) is 22.3. The Labute approximate surface area is 193 Å². The van der Waals surface area contributed by atoms with E-state index < -0.39 is 5.54 Å². The number of hydrogen-bond acceptors (Lipinski definition) is 3. The van der Waals surface area contributed by atoms with Crippen LogP contribution in [-0.2, 0) is 17.8 Å². The monoisotopic (exact) mass is 449 g/mol. The minimum atomic E-state index is -0.927. The Hall–Kier alpha value is -2.60. The molecule has 3 heterocycles. The lowest BCUT2D eigenvalue weighted by Gasteiger charge is -2.45. The molecule has 3 aromatic rings. The zero-order valence-electron chi connectivity index (χ0n) is 18.8. The number of rotatable bonds is 5. The molecular weight excluding hydrogens is 418 g/mol. The second-order valence-corrected chi connectivity index (χ2v) is 10.5. The largest absolute Gasteiger partial charge is 0.351 e. The average Bonchev–Trinajstić information content (AvgIpc) is 3.38. The number of benzene rings is 1. The summed E-state index contributed by atoms with van der Waals surface area (Å²) in [4.78, 5) is 29.3. The van der Waals surface area contributed by atoms with Crippen LogP contribution in [0.25, 0.3) is 10.2 Å². The molecule has 1 aliphatic heterocycles. The summed E-state index contributed by atoms with van der Waals surface area (Å²) in [5, 5.41) is 5.40. The summed E-state index contributed by atoms with van der Waals surface area (Å²) in [6, 6.07) is 14.4. The van der Waals surface area contributed by atoms with Gasteiger partial charge in [0, 0.05) is 12.6 Å². The van der Waals surface area contributed by atoms with Crippen LogP contribution in [0.1, 0.15) is 55.6 Å². The van der Waals surface area contributed by atoms with E-state index in [1.54, 1.807) is 11.3 Å². The summed E-state index contributed by atoms with van der Waals surface area (Å²) in [6.45, 7) is 5.17. The number of thiophene rings is 1. The molecule has 5 rings (SSSR count). The Morgan fingerprint density at radius 1 is 1.19 bits per heavy atom. The summed E-state index contributed by atoms with van der Waals surface area (Å²) < 4.78 is 3.15. The predicted molar refractivity (Wildman–Crippen MR) is 129 cm³/mol. The summed E-state index contributed by atoms with van der Waals surface area (Å²) in [5.74, 6) is 0.393. The van der Waals surface area contributed by atoms with Crippen molar-refractivity contribution in [2.45, 2.75) is 64.1 Å². The van der Waals surface area contributed by atoms with Gasteiger partial charge in [0.15, 0.2) is 0 Å². The molecule has 1 saturated carbocycles. The van der Waals surface area contributed by atoms with Gasteiger partial charge in [-0.2, -0.15) is 0 Å². The fourth-order valence-electron chi connectivity index (χ4n) is 5.36. The fourth-order valence-corrected chi connectivity index (χ4v) is 6.19. The SMILES string of the molecule is C[C@@H]1CCCC[C@@H]1NC(=O)[C@]1(C)Cn2c(cc3sccc32)C(=O)N1CCc1ccccc1. The van der Waals surface area contributed by atoms with Gasteiger partial charge in [-0.1, -0.05) is 50.1 Å². The summed E-state index contributed by atoms with van der Waals surface area (Å²) in [6.07, 6.45) is 5.28. The van der Waals surface area contributed by atoms with Gasteiger partial charge in [0.2, 0.25) is 5.91 Å². The molecular formula is C26H31N3O2S. The van der Waals surface area contributed by atoms with Crippen LogP contribution in [0.15, 0.2) is 47.8 Å². The molecule has 2 amide bonds. The van der Waals surface area contributed by atoms with Crippen molar-refractivity contribution in [1.29, 1.82) is 0 Å². The van der Waals surface area contributed by atoms with Crippen molar-refractivity contribution in [3.05, 3.63) is 59.1 Å². The summed E-state index contributed by atoms with van der Waals surface area (Å²) in [7, 11) is 0. The van der Waals surface area contributed by atoms with Gasteiger partial charge in [-0.3, -0.25) is 9.59 Å². The first kappa shape index (κ1) is 21.3. The molecule has 6 heteroatoms. The Morgan fingerprint density at radius 2 is 1.97 bits per heavy atom. The third-order valence-electron chi connectivity index (χ3n) is 7.43. The van der Waals surface area contributed by atoms with Crippen molar-refractivity contribution in [1.82, 2.24) is 14.8 Å². The molecule has 1 fully saturated rings. The number of nitrogens with zero attached hydrogens (tertiary/aromatic N) is 2. The average molecular weight is 450 g/mol. The molecule has 2 aromatic heterocycles. The molecule has 5 nitrogen and oxygen atoms in total. The third kappa shape index (κ3) is 3.64. The van der Waals surface area contributed by atoms with E-state index in [-0.39, 0.29) is 17.9 Å². The van der Waals surface area contributed by atoms with E-state index in [1.807, 2.05) is 41.5 Å². The lowest BCUT2D eigenvalue weighted by atomic mass is 9.85. The van der Waals surface area contributed by atoms with Gasteiger partial charge >= 0.3 is 0 Å². The highest BCUT2D eigenvalue weighted by atomic mass is 32.1. The van der Waals surface area contributed by atoms with Crippen molar-refractivity contribution in [3.8, 4) is 0 Å². The van der Waals surface area contributed by atoms with Gasteiger partial charge < -0.3 is 14.8 Å². The smallest absolute Gasteiger partial charge is 0.271 e. The number of hydrogen-bond donors (Lipinski definition) is 1. The molecule has 0 radical (unpaired) electrons. The first-order valence-electron chi connectivity index (χ1n) is 11.7. The van der Waals surface area contributed by atoms with Crippen LogP contribution in [0, 0.1) is 5.92 Å². The van der Waals surface area contributed by atoms with Gasteiger partial charge in [0.25, 0.3) is 5.91 Å². The van der Waals surface area contributed by atoms with E-state index in [4.69, 9.17) is 0 Å². The van der Waals surface area contributed by atoms with Crippen molar-refractivity contribution in [2.24, 2.45) is 5.92 Å². The Kier molecular flexibility index (Phi) is 5.58. The van der Waals surface area contributed by atoms with E-state index in [2.05, 4.69) is 35.0 Å². The normalized spacial score (nSPS) is 25.7. The van der Waals surface area contributed by atoms with E-state index in [1.165, 1.54) is 12.0 Å². The summed E-state index contributed by atoms with van der Waals surface area (Å²) >= 11 is 1.64. The lowest BCUT2D eigenvalue weighted by molar-refractivity contribution is -0.134. The molecule has 3 atom stereocenters. The van der Waals surface area contributed by atoms with Crippen LogP contribution >= 0.6 is 11.3 Å². The first-order chi connectivity index (χ1) is 15.5. The van der Waals surface area contributed by atoms with Crippen LogP contribution in [0.2, 0.25) is 0 Å². The van der Waals surface area contributed by atoms with Gasteiger partial charge in [-0.05, 0) is 55.2 Å². The van der Waals surface area contributed by atoms with Crippen LogP contribution in [-0.4, -0.2) is 39.4 Å². The van der Waals surface area contributed by atoms with Crippen LogP contribution in [0.4, 0.5) is 0 Å². The van der Waals surface area contributed by atoms with Crippen molar-refractivity contribution >= 4 is 33.4 Å². The molecule has 1 aliphatic carbocycles. The molecule has 168 valence electrons. The number of carbonyl (C=O) groups is 2. The number of nitrogens with one attached hydrogen (secondary N) is 1. The molecule has 0 unspecified atom stereocenters. The minimum Gasteiger partial charge on any atom is -0.351 e. The molecule has 0 bridgehead atoms. The second kappa shape index (κ2) is 8.39. The summed E-state index contributed by atoms with van der Waals surface area (Å²) in [5.41, 5.74) is 1.98. The molecule has 32 heavy (non-hydrogen) atoms. The molecule has 2 aliphatic rings. The molecule has 1 aromatic carbocycles. The topological polar surface area (TPSA) is 54.3 Å². The van der Waals surface area contributed by atoms with Crippen LogP contribution < -0.4 is 5.32 Å². The quantitative estimate of drug-likeness (QED) is 0.605. The standard InChI is InChI=1S/C26H31N3O2S/c1-18-8-6-7-11-20(18)27-25(31)26(2)17-28-21-13-15-32-23(21)16-22(28)24(30)29(26)14-12-19-9-4-3-5-10-19/h3-5,9-10,13,15-16,18,20H,6-8,11-12,14,17H2,1-2H3,(H,27,31)/t18-,20+,26+/m1/s1. The Balaban J connectivity index is 1.48. The zero-order valence-corrected chi connectivity index (χ0v) is 19.7. The van der Waals surface area contributed by atoms with Gasteiger partial charge in [-0.25, -0.2) is 0 Å². The van der Waals surface area contributed by atoms with E-state index >= 15 is 0 Å². The maximum Gasteiger partial charge on any atom is 0.271 e. The maximum absolute atomic E-state index is 13.8. The van der Waals surface area contributed by atoms with Crippen LogP contribution in [0.3, 0.4) is 0 Å². The second-order valence-electron chi connectivity index (χ2n) is 9.59. The Bertz CT molecular complexity index is 1130. The van der Waals surface area contributed by atoms with Gasteiger partial charge in [-0.15, -0.1) is 11.3 Å². The van der Waals surface area contributed by atoms with Crippen molar-refractivity contribution in [2.75, 3.05) is 6.54 Å². The number of fused-ring (bicyclic) bond motifs is 3. The Morgan fingerprint density at radius 3 is 2.75 bits per heavy atom. The molecule has 1 N–H and O–H groups in total. The fraction of sp³-hybridized carbons (Fsp3) is 0.462. The van der Waals surface area contributed by atoms with Crippen molar-refractivity contribution in [3.63, 3.8) is 0 Å². The van der Waals surface area contributed by atoms with Gasteiger partial charge in [0.1, 0.15) is 11.2 Å². The van der Waals surface area contributed by atoms with E-state index in [0.29, 0.717) is 24.7 Å². The molecule has 0 spiro atoms. The van der Waals surface area contributed by atoms with Gasteiger partial charge in [0.05, 0.1) is 16.8 Å². The van der Waals surface area contributed by atoms with Crippen molar-refractivity contribution < 1.29 is 9.59 Å². The number of aromatic nitrogens is 1. The molecule has 0 saturated heterocycles. The first-order valence-corrected chi connectivity index (χ1v) is 12.6. The highest BCUT2D eigenvalue weighted by Crippen LogP contribution is 2.35. The van der Waals surface area contributed by atoms with E-state index in [0.717, 1.165) is 35.9 Å². The highest BCUT2D eigenvalue weighted by Gasteiger charge is 2.48.